The summed E-state index contributed by atoms with van der Waals surface area (Å²) in [6.07, 6.45) is 1.80. The number of aryl methyl sites for hydroxylation is 1. The van der Waals surface area contributed by atoms with Crippen molar-refractivity contribution in [3.8, 4) is 5.75 Å². The van der Waals surface area contributed by atoms with Crippen LogP contribution in [-0.4, -0.2) is 43.3 Å². The van der Waals surface area contributed by atoms with Gasteiger partial charge in [-0.2, -0.15) is 4.98 Å². The molecule has 0 aliphatic carbocycles. The summed E-state index contributed by atoms with van der Waals surface area (Å²) in [6.45, 7) is 8.07. The molecular weight excluding hydrogens is 362 g/mol. The Balaban J connectivity index is 1.45. The molecule has 0 saturated carbocycles. The second-order valence-corrected chi connectivity index (χ2v) is 7.26. The van der Waals surface area contributed by atoms with E-state index in [0.717, 1.165) is 49.4 Å². The van der Waals surface area contributed by atoms with E-state index < -0.39 is 0 Å². The number of ether oxygens (including phenoxy) is 1. The summed E-state index contributed by atoms with van der Waals surface area (Å²) in [6, 6.07) is 16.2. The average molecular weight is 390 g/mol. The van der Waals surface area contributed by atoms with E-state index in [1.165, 1.54) is 16.8 Å². The van der Waals surface area contributed by atoms with E-state index in [1.54, 1.807) is 13.3 Å². The van der Waals surface area contributed by atoms with Crippen molar-refractivity contribution in [1.29, 1.82) is 0 Å². The Bertz CT molecular complexity index is 983. The predicted octanol–water partition coefficient (Wildman–Crippen LogP) is 4.17. The van der Waals surface area contributed by atoms with Crippen molar-refractivity contribution < 1.29 is 4.74 Å². The lowest BCUT2D eigenvalue weighted by molar-refractivity contribution is 0.417. The maximum absolute atomic E-state index is 5.41. The highest BCUT2D eigenvalue weighted by Crippen LogP contribution is 2.27. The summed E-state index contributed by atoms with van der Waals surface area (Å²) in [5, 5.41) is 3.34. The Kier molecular flexibility index (Phi) is 5.51. The van der Waals surface area contributed by atoms with Crippen molar-refractivity contribution in [3.63, 3.8) is 0 Å². The molecule has 2 heterocycles. The first-order valence-electron chi connectivity index (χ1n) is 9.95. The van der Waals surface area contributed by atoms with Gasteiger partial charge in [0.15, 0.2) is 0 Å². The molecule has 0 amide bonds. The van der Waals surface area contributed by atoms with Gasteiger partial charge in [-0.3, -0.25) is 0 Å². The molecule has 4 rings (SSSR count). The maximum Gasteiger partial charge on any atom is 0.227 e. The van der Waals surface area contributed by atoms with Crippen LogP contribution in [0.25, 0.3) is 0 Å². The van der Waals surface area contributed by atoms with Crippen LogP contribution in [0, 0.1) is 13.8 Å². The smallest absolute Gasteiger partial charge is 0.227 e. The van der Waals surface area contributed by atoms with Gasteiger partial charge in [0.25, 0.3) is 0 Å². The van der Waals surface area contributed by atoms with E-state index in [-0.39, 0.29) is 0 Å². The molecule has 1 N–H and O–H groups in total. The fourth-order valence-electron chi connectivity index (χ4n) is 3.68. The van der Waals surface area contributed by atoms with Gasteiger partial charge in [0.05, 0.1) is 12.8 Å². The van der Waals surface area contributed by atoms with Crippen molar-refractivity contribution in [2.75, 3.05) is 48.4 Å². The zero-order chi connectivity index (χ0) is 20.2. The van der Waals surface area contributed by atoms with Crippen LogP contribution in [0.15, 0.2) is 54.7 Å². The minimum absolute atomic E-state index is 0.755. The maximum atomic E-state index is 5.41. The quantitative estimate of drug-likeness (QED) is 0.707. The van der Waals surface area contributed by atoms with Gasteiger partial charge in [0, 0.05) is 38.1 Å². The fourth-order valence-corrected chi connectivity index (χ4v) is 3.68. The Morgan fingerprint density at radius 3 is 2.45 bits per heavy atom. The molecule has 0 radical (unpaired) electrons. The van der Waals surface area contributed by atoms with Gasteiger partial charge >= 0.3 is 0 Å². The number of hydrogen-bond donors (Lipinski definition) is 1. The summed E-state index contributed by atoms with van der Waals surface area (Å²) < 4.78 is 5.41. The molecule has 150 valence electrons. The molecule has 29 heavy (non-hydrogen) atoms. The highest BCUT2D eigenvalue weighted by atomic mass is 16.5. The summed E-state index contributed by atoms with van der Waals surface area (Å²) in [4.78, 5) is 13.9. The molecule has 1 fully saturated rings. The molecule has 6 heteroatoms. The van der Waals surface area contributed by atoms with E-state index in [0.29, 0.717) is 0 Å². The van der Waals surface area contributed by atoms with Gasteiger partial charge in [0.1, 0.15) is 11.6 Å². The monoisotopic (exact) mass is 389 g/mol. The van der Waals surface area contributed by atoms with Crippen LogP contribution in [0.2, 0.25) is 0 Å². The van der Waals surface area contributed by atoms with Crippen LogP contribution in [0.5, 0.6) is 5.75 Å². The average Bonchev–Trinajstić information content (AvgIpc) is 2.76. The normalized spacial score (nSPS) is 14.0. The number of methoxy groups -OCH3 is 1. The number of benzene rings is 2. The minimum Gasteiger partial charge on any atom is -0.495 e. The molecule has 3 aromatic rings. The van der Waals surface area contributed by atoms with E-state index in [9.17, 15) is 0 Å². The van der Waals surface area contributed by atoms with Crippen LogP contribution in [0.1, 0.15) is 11.1 Å². The number of piperazine rings is 1. The summed E-state index contributed by atoms with van der Waals surface area (Å²) in [7, 11) is 1.67. The second-order valence-electron chi connectivity index (χ2n) is 7.26. The Morgan fingerprint density at radius 1 is 0.897 bits per heavy atom. The molecule has 2 aromatic carbocycles. The molecule has 0 atom stereocenters. The zero-order valence-electron chi connectivity index (χ0n) is 17.2. The fraction of sp³-hybridized carbons (Fsp3) is 0.304. The number of aromatic nitrogens is 2. The molecule has 1 aromatic heterocycles. The second kappa shape index (κ2) is 8.39. The number of para-hydroxylation sites is 2. The van der Waals surface area contributed by atoms with Crippen molar-refractivity contribution in [2.45, 2.75) is 13.8 Å². The van der Waals surface area contributed by atoms with E-state index in [4.69, 9.17) is 9.72 Å². The topological polar surface area (TPSA) is 53.5 Å². The third kappa shape index (κ3) is 4.11. The van der Waals surface area contributed by atoms with E-state index in [1.807, 2.05) is 30.3 Å². The molecule has 1 saturated heterocycles. The van der Waals surface area contributed by atoms with E-state index >= 15 is 0 Å². The van der Waals surface area contributed by atoms with Crippen LogP contribution in [0.4, 0.5) is 23.1 Å². The summed E-state index contributed by atoms with van der Waals surface area (Å²) >= 11 is 0. The van der Waals surface area contributed by atoms with Gasteiger partial charge < -0.3 is 19.9 Å². The highest BCUT2D eigenvalue weighted by molar-refractivity contribution is 5.64. The van der Waals surface area contributed by atoms with Gasteiger partial charge in [-0.15, -0.1) is 0 Å². The number of nitrogens with zero attached hydrogens (tertiary/aromatic N) is 4. The first kappa shape index (κ1) is 19.1. The number of nitrogens with one attached hydrogen (secondary N) is 1. The largest absolute Gasteiger partial charge is 0.495 e. The molecular formula is C23H27N5O. The number of anilines is 4. The Hall–Kier alpha value is -3.28. The first-order chi connectivity index (χ1) is 14.2. The minimum atomic E-state index is 0.755. The van der Waals surface area contributed by atoms with Crippen LogP contribution in [-0.2, 0) is 0 Å². The zero-order valence-corrected chi connectivity index (χ0v) is 17.2. The third-order valence-corrected chi connectivity index (χ3v) is 5.49. The van der Waals surface area contributed by atoms with Gasteiger partial charge in [-0.25, -0.2) is 4.98 Å². The Labute approximate surface area is 172 Å². The van der Waals surface area contributed by atoms with Crippen molar-refractivity contribution >= 4 is 23.1 Å². The standard InChI is InChI=1S/C23H27N5O/c1-17-7-6-9-20(18(17)2)27-13-15-28(16-14-27)23-24-12-11-22(26-23)25-19-8-4-5-10-21(19)29-3/h4-12H,13-16H2,1-3H3,(H,24,25,26). The third-order valence-electron chi connectivity index (χ3n) is 5.49. The lowest BCUT2D eigenvalue weighted by Gasteiger charge is -2.37. The van der Waals surface area contributed by atoms with Crippen LogP contribution in [0.3, 0.4) is 0 Å². The lowest BCUT2D eigenvalue weighted by atomic mass is 10.1. The first-order valence-corrected chi connectivity index (χ1v) is 9.95. The number of rotatable bonds is 5. The summed E-state index contributed by atoms with van der Waals surface area (Å²) in [5.41, 5.74) is 4.92. The van der Waals surface area contributed by atoms with Crippen molar-refractivity contribution in [3.05, 3.63) is 65.9 Å². The molecule has 1 aliphatic rings. The lowest BCUT2D eigenvalue weighted by Crippen LogP contribution is -2.47. The van der Waals surface area contributed by atoms with Crippen LogP contribution < -0.4 is 19.9 Å². The van der Waals surface area contributed by atoms with Gasteiger partial charge in [-0.05, 0) is 49.2 Å². The molecule has 6 nitrogen and oxygen atoms in total. The highest BCUT2D eigenvalue weighted by Gasteiger charge is 2.21. The molecule has 0 spiro atoms. The number of hydrogen-bond acceptors (Lipinski definition) is 6. The van der Waals surface area contributed by atoms with Gasteiger partial charge in [0.2, 0.25) is 5.95 Å². The molecule has 1 aliphatic heterocycles. The SMILES string of the molecule is COc1ccccc1Nc1ccnc(N2CCN(c3cccc(C)c3C)CC2)n1. The van der Waals surface area contributed by atoms with Gasteiger partial charge in [-0.1, -0.05) is 24.3 Å². The molecule has 0 bridgehead atoms. The van der Waals surface area contributed by atoms with E-state index in [2.05, 4.69) is 52.1 Å². The predicted molar refractivity (Wildman–Crippen MR) is 119 cm³/mol. The van der Waals surface area contributed by atoms with Crippen molar-refractivity contribution in [1.82, 2.24) is 9.97 Å². The summed E-state index contributed by atoms with van der Waals surface area (Å²) in [5.74, 6) is 2.30. The van der Waals surface area contributed by atoms with Crippen LogP contribution >= 0.6 is 0 Å². The Morgan fingerprint density at radius 2 is 1.66 bits per heavy atom. The van der Waals surface area contributed by atoms with Crippen molar-refractivity contribution in [2.24, 2.45) is 0 Å². The molecule has 0 unspecified atom stereocenters.